The summed E-state index contributed by atoms with van der Waals surface area (Å²) in [6.07, 6.45) is 5.04. The zero-order valence-corrected chi connectivity index (χ0v) is 9.15. The Balaban J connectivity index is 2.89. The molecule has 0 radical (unpaired) electrons. The maximum absolute atomic E-state index is 2.43. The van der Waals surface area contributed by atoms with Gasteiger partial charge in [0.1, 0.15) is 0 Å². The summed E-state index contributed by atoms with van der Waals surface area (Å²) < 4.78 is 0. The minimum Gasteiger partial charge on any atom is -0.0879 e. The van der Waals surface area contributed by atoms with E-state index in [9.17, 15) is 0 Å². The third-order valence-electron chi connectivity index (χ3n) is 3.70. The minimum atomic E-state index is 0.494. The second kappa shape index (κ2) is 3.24. The van der Waals surface area contributed by atoms with E-state index in [2.05, 4.69) is 40.7 Å². The van der Waals surface area contributed by atoms with Crippen LogP contribution in [-0.2, 0) is 0 Å². The average molecular weight is 166 g/mol. The molecule has 0 aromatic carbocycles. The highest BCUT2D eigenvalue weighted by atomic mass is 14.4. The maximum Gasteiger partial charge on any atom is -0.00908 e. The van der Waals surface area contributed by atoms with Crippen molar-refractivity contribution in [3.63, 3.8) is 0 Å². The van der Waals surface area contributed by atoms with Crippen LogP contribution in [0.25, 0.3) is 0 Å². The van der Waals surface area contributed by atoms with Gasteiger partial charge in [0.05, 0.1) is 0 Å². The third kappa shape index (κ3) is 1.44. The molecule has 0 heterocycles. The summed E-state index contributed by atoms with van der Waals surface area (Å²) in [6, 6.07) is 0. The van der Waals surface area contributed by atoms with Gasteiger partial charge in [-0.2, -0.15) is 0 Å². The van der Waals surface area contributed by atoms with Crippen LogP contribution >= 0.6 is 0 Å². The molecule has 70 valence electrons. The largest absolute Gasteiger partial charge is 0.0879 e. The van der Waals surface area contributed by atoms with Crippen molar-refractivity contribution in [2.24, 2.45) is 17.3 Å². The van der Waals surface area contributed by atoms with E-state index in [4.69, 9.17) is 0 Å². The minimum absolute atomic E-state index is 0.494. The molecule has 0 nitrogen and oxygen atoms in total. The fraction of sp³-hybridized carbons (Fsp3) is 0.833. The van der Waals surface area contributed by atoms with Crippen LogP contribution in [-0.4, -0.2) is 0 Å². The molecule has 0 aliphatic heterocycles. The van der Waals surface area contributed by atoms with E-state index in [1.165, 1.54) is 12.8 Å². The lowest BCUT2D eigenvalue weighted by atomic mass is 9.74. The van der Waals surface area contributed by atoms with Gasteiger partial charge in [-0.1, -0.05) is 39.3 Å². The van der Waals surface area contributed by atoms with Crippen molar-refractivity contribution in [1.29, 1.82) is 0 Å². The van der Waals surface area contributed by atoms with Crippen LogP contribution in [0.3, 0.4) is 0 Å². The van der Waals surface area contributed by atoms with Crippen molar-refractivity contribution in [2.75, 3.05) is 0 Å². The van der Waals surface area contributed by atoms with E-state index in [0.717, 1.165) is 11.8 Å². The predicted octanol–water partition coefficient (Wildman–Crippen LogP) is 4.02. The van der Waals surface area contributed by atoms with Crippen molar-refractivity contribution in [2.45, 2.75) is 47.5 Å². The Morgan fingerprint density at radius 1 is 1.50 bits per heavy atom. The molecule has 1 rings (SSSR count). The summed E-state index contributed by atoms with van der Waals surface area (Å²) >= 11 is 0. The lowest BCUT2D eigenvalue weighted by molar-refractivity contribution is 0.269. The van der Waals surface area contributed by atoms with Gasteiger partial charge in [0, 0.05) is 0 Å². The molecule has 1 fully saturated rings. The molecule has 0 aromatic heterocycles. The third-order valence-corrected chi connectivity index (χ3v) is 3.70. The van der Waals surface area contributed by atoms with Gasteiger partial charge in [0.2, 0.25) is 0 Å². The molecule has 0 bridgehead atoms. The molecule has 0 aromatic rings. The fourth-order valence-corrected chi connectivity index (χ4v) is 2.59. The van der Waals surface area contributed by atoms with Crippen LogP contribution in [0.2, 0.25) is 0 Å². The number of hydrogen-bond acceptors (Lipinski definition) is 0. The summed E-state index contributed by atoms with van der Waals surface area (Å²) in [6.45, 7) is 11.7. The molecule has 2 atom stereocenters. The van der Waals surface area contributed by atoms with Crippen molar-refractivity contribution >= 4 is 0 Å². The van der Waals surface area contributed by atoms with Crippen LogP contribution in [0.4, 0.5) is 0 Å². The Kier molecular flexibility index (Phi) is 2.65. The van der Waals surface area contributed by atoms with Crippen LogP contribution in [0.15, 0.2) is 11.6 Å². The maximum atomic E-state index is 2.43. The number of rotatable bonds is 1. The first-order valence-corrected chi connectivity index (χ1v) is 5.16. The standard InChI is InChI=1S/C12H22/c1-6-11-7-10(4)8-12(11,5)9(2)3/h6,9-10H,7-8H2,1-5H3/b11-6-. The monoisotopic (exact) mass is 166 g/mol. The zero-order valence-electron chi connectivity index (χ0n) is 9.15. The van der Waals surface area contributed by atoms with E-state index in [1.807, 2.05) is 0 Å². The molecule has 0 spiro atoms. The summed E-state index contributed by atoms with van der Waals surface area (Å²) in [5.41, 5.74) is 2.18. The smallest absolute Gasteiger partial charge is 0.00908 e. The summed E-state index contributed by atoms with van der Waals surface area (Å²) in [5.74, 6) is 1.68. The van der Waals surface area contributed by atoms with E-state index < -0.39 is 0 Å². The Morgan fingerprint density at radius 2 is 2.08 bits per heavy atom. The summed E-state index contributed by atoms with van der Waals surface area (Å²) in [5, 5.41) is 0. The van der Waals surface area contributed by atoms with Crippen molar-refractivity contribution in [3.8, 4) is 0 Å². The lowest BCUT2D eigenvalue weighted by Gasteiger charge is -2.31. The molecule has 0 N–H and O–H groups in total. The summed E-state index contributed by atoms with van der Waals surface area (Å²) in [4.78, 5) is 0. The van der Waals surface area contributed by atoms with Gasteiger partial charge in [-0.15, -0.1) is 0 Å². The highest BCUT2D eigenvalue weighted by Crippen LogP contribution is 2.50. The van der Waals surface area contributed by atoms with Gasteiger partial charge in [-0.3, -0.25) is 0 Å². The molecule has 1 saturated carbocycles. The van der Waals surface area contributed by atoms with Gasteiger partial charge >= 0.3 is 0 Å². The Bertz CT molecular complexity index is 188. The van der Waals surface area contributed by atoms with E-state index in [-0.39, 0.29) is 0 Å². The van der Waals surface area contributed by atoms with Gasteiger partial charge in [-0.25, -0.2) is 0 Å². The first-order valence-electron chi connectivity index (χ1n) is 5.16. The second-order valence-electron chi connectivity index (χ2n) is 4.90. The van der Waals surface area contributed by atoms with Crippen molar-refractivity contribution in [1.82, 2.24) is 0 Å². The van der Waals surface area contributed by atoms with Gasteiger partial charge in [-0.05, 0) is 37.0 Å². The molecule has 1 aliphatic carbocycles. The zero-order chi connectivity index (χ0) is 9.35. The second-order valence-corrected chi connectivity index (χ2v) is 4.90. The Morgan fingerprint density at radius 3 is 2.42 bits per heavy atom. The highest BCUT2D eigenvalue weighted by molar-refractivity contribution is 5.19. The van der Waals surface area contributed by atoms with Crippen LogP contribution < -0.4 is 0 Å². The van der Waals surface area contributed by atoms with Crippen LogP contribution in [0.5, 0.6) is 0 Å². The molecular formula is C12H22. The normalized spacial score (nSPS) is 39.8. The molecule has 2 unspecified atom stereocenters. The summed E-state index contributed by atoms with van der Waals surface area (Å²) in [7, 11) is 0. The molecule has 12 heavy (non-hydrogen) atoms. The fourth-order valence-electron chi connectivity index (χ4n) is 2.59. The van der Waals surface area contributed by atoms with Crippen molar-refractivity contribution in [3.05, 3.63) is 11.6 Å². The average Bonchev–Trinajstić information content (AvgIpc) is 2.27. The number of hydrogen-bond donors (Lipinski definition) is 0. The molecular weight excluding hydrogens is 144 g/mol. The Hall–Kier alpha value is -0.260. The lowest BCUT2D eigenvalue weighted by Crippen LogP contribution is -2.21. The Labute approximate surface area is 77.1 Å². The topological polar surface area (TPSA) is 0 Å². The van der Waals surface area contributed by atoms with E-state index >= 15 is 0 Å². The van der Waals surface area contributed by atoms with E-state index in [1.54, 1.807) is 5.57 Å². The van der Waals surface area contributed by atoms with Gasteiger partial charge in [0.15, 0.2) is 0 Å². The van der Waals surface area contributed by atoms with Crippen LogP contribution in [0.1, 0.15) is 47.5 Å². The molecule has 0 saturated heterocycles. The number of allylic oxidation sites excluding steroid dienone is 2. The first kappa shape index (κ1) is 9.83. The quantitative estimate of drug-likeness (QED) is 0.516. The highest BCUT2D eigenvalue weighted by Gasteiger charge is 2.39. The van der Waals surface area contributed by atoms with Crippen molar-refractivity contribution < 1.29 is 0 Å². The SMILES string of the molecule is C/C=C1/CC(C)CC1(C)C(C)C. The van der Waals surface area contributed by atoms with E-state index in [0.29, 0.717) is 5.41 Å². The van der Waals surface area contributed by atoms with Gasteiger partial charge < -0.3 is 0 Å². The van der Waals surface area contributed by atoms with Crippen LogP contribution in [0, 0.1) is 17.3 Å². The predicted molar refractivity (Wildman–Crippen MR) is 55.1 cm³/mol. The molecule has 1 aliphatic rings. The first-order chi connectivity index (χ1) is 5.50. The van der Waals surface area contributed by atoms with Gasteiger partial charge in [0.25, 0.3) is 0 Å². The molecule has 0 heteroatoms. The molecule has 0 amide bonds.